The van der Waals surface area contributed by atoms with E-state index in [4.69, 9.17) is 9.84 Å². The van der Waals surface area contributed by atoms with Crippen LogP contribution in [0.5, 0.6) is 0 Å². The molecule has 0 atom stereocenters. The molecule has 0 aromatic carbocycles. The standard InChI is InChI=1S/C13H20N2O3S/c1-18-9-10-11(8-13(16)17)19-12(14-10)4-7-15-5-2-3-6-15/h2-9H2,1H3,(H,16,17). The molecular weight excluding hydrogens is 264 g/mol. The minimum Gasteiger partial charge on any atom is -0.481 e. The molecule has 0 aliphatic carbocycles. The van der Waals surface area contributed by atoms with Crippen LogP contribution in [0.3, 0.4) is 0 Å². The summed E-state index contributed by atoms with van der Waals surface area (Å²) in [5.74, 6) is -0.813. The zero-order chi connectivity index (χ0) is 13.7. The summed E-state index contributed by atoms with van der Waals surface area (Å²) in [7, 11) is 1.60. The summed E-state index contributed by atoms with van der Waals surface area (Å²) in [6.07, 6.45) is 3.52. The first kappa shape index (κ1) is 14.4. The third-order valence-electron chi connectivity index (χ3n) is 3.26. The Morgan fingerprint density at radius 3 is 2.84 bits per heavy atom. The Morgan fingerprint density at radius 2 is 2.21 bits per heavy atom. The third kappa shape index (κ3) is 4.26. The average molecular weight is 284 g/mol. The van der Waals surface area contributed by atoms with Crippen LogP contribution >= 0.6 is 11.3 Å². The summed E-state index contributed by atoms with van der Waals surface area (Å²) >= 11 is 1.51. The second-order valence-electron chi connectivity index (χ2n) is 4.78. The van der Waals surface area contributed by atoms with Gasteiger partial charge in [0, 0.05) is 25.0 Å². The number of carbonyl (C=O) groups is 1. The Labute approximate surface area is 117 Å². The summed E-state index contributed by atoms with van der Waals surface area (Å²) in [5.41, 5.74) is 0.784. The molecule has 1 aliphatic heterocycles. The van der Waals surface area contributed by atoms with Gasteiger partial charge >= 0.3 is 5.97 Å². The zero-order valence-electron chi connectivity index (χ0n) is 11.2. The van der Waals surface area contributed by atoms with E-state index in [0.29, 0.717) is 6.61 Å². The summed E-state index contributed by atoms with van der Waals surface area (Å²) in [5, 5.41) is 9.92. The summed E-state index contributed by atoms with van der Waals surface area (Å²) in [4.78, 5) is 18.6. The largest absolute Gasteiger partial charge is 0.481 e. The number of ether oxygens (including phenoxy) is 1. The molecular formula is C13H20N2O3S. The number of aromatic nitrogens is 1. The highest BCUT2D eigenvalue weighted by Gasteiger charge is 2.16. The number of methoxy groups -OCH3 is 1. The van der Waals surface area contributed by atoms with E-state index in [9.17, 15) is 4.79 Å². The molecule has 19 heavy (non-hydrogen) atoms. The van der Waals surface area contributed by atoms with Crippen molar-refractivity contribution in [2.24, 2.45) is 0 Å². The van der Waals surface area contributed by atoms with Gasteiger partial charge in [0.2, 0.25) is 0 Å². The Balaban J connectivity index is 1.97. The van der Waals surface area contributed by atoms with E-state index in [2.05, 4.69) is 9.88 Å². The van der Waals surface area contributed by atoms with Crippen molar-refractivity contribution in [1.29, 1.82) is 0 Å². The number of nitrogens with zero attached hydrogens (tertiary/aromatic N) is 2. The SMILES string of the molecule is COCc1nc(CCN2CCCC2)sc1CC(=O)O. The molecule has 5 nitrogen and oxygen atoms in total. The molecule has 0 spiro atoms. The van der Waals surface area contributed by atoms with Crippen molar-refractivity contribution in [1.82, 2.24) is 9.88 Å². The number of carboxylic acids is 1. The molecule has 0 amide bonds. The minimum absolute atomic E-state index is 0.0417. The number of hydrogen-bond acceptors (Lipinski definition) is 5. The predicted octanol–water partition coefficient (Wildman–Crippen LogP) is 1.55. The van der Waals surface area contributed by atoms with Crippen LogP contribution in [-0.4, -0.2) is 47.7 Å². The van der Waals surface area contributed by atoms with Crippen LogP contribution in [0.25, 0.3) is 0 Å². The highest BCUT2D eigenvalue weighted by atomic mass is 32.1. The van der Waals surface area contributed by atoms with Crippen LogP contribution in [0.15, 0.2) is 0 Å². The molecule has 0 bridgehead atoms. The summed E-state index contributed by atoms with van der Waals surface area (Å²) < 4.78 is 5.08. The van der Waals surface area contributed by atoms with Crippen molar-refractivity contribution in [3.8, 4) is 0 Å². The average Bonchev–Trinajstić information content (AvgIpc) is 2.97. The fourth-order valence-corrected chi connectivity index (χ4v) is 3.38. The molecule has 0 unspecified atom stereocenters. The molecule has 1 aromatic heterocycles. The molecule has 0 saturated carbocycles. The van der Waals surface area contributed by atoms with Crippen LogP contribution < -0.4 is 0 Å². The smallest absolute Gasteiger partial charge is 0.308 e. The maximum atomic E-state index is 10.8. The first-order valence-corrected chi connectivity index (χ1v) is 7.41. The molecule has 1 fully saturated rings. The monoisotopic (exact) mass is 284 g/mol. The van der Waals surface area contributed by atoms with Crippen LogP contribution in [-0.2, 0) is 29.0 Å². The van der Waals surface area contributed by atoms with Crippen LogP contribution in [0.2, 0.25) is 0 Å². The normalized spacial score (nSPS) is 16.1. The van der Waals surface area contributed by atoms with Gasteiger partial charge in [-0.3, -0.25) is 4.79 Å². The van der Waals surface area contributed by atoms with Gasteiger partial charge in [0.25, 0.3) is 0 Å². The maximum Gasteiger partial charge on any atom is 0.308 e. The topological polar surface area (TPSA) is 62.7 Å². The Morgan fingerprint density at radius 1 is 1.47 bits per heavy atom. The highest BCUT2D eigenvalue weighted by molar-refractivity contribution is 7.11. The summed E-state index contributed by atoms with van der Waals surface area (Å²) in [6, 6.07) is 0. The van der Waals surface area contributed by atoms with Crippen molar-refractivity contribution >= 4 is 17.3 Å². The van der Waals surface area contributed by atoms with Gasteiger partial charge in [-0.1, -0.05) is 0 Å². The fraction of sp³-hybridized carbons (Fsp3) is 0.692. The van der Waals surface area contributed by atoms with Gasteiger partial charge in [0.1, 0.15) is 0 Å². The fourth-order valence-electron chi connectivity index (χ4n) is 2.33. The van der Waals surface area contributed by atoms with Gasteiger partial charge in [-0.15, -0.1) is 11.3 Å². The molecule has 0 radical (unpaired) electrons. The lowest BCUT2D eigenvalue weighted by Gasteiger charge is -2.12. The number of carboxylic acid groups (broad SMARTS) is 1. The second kappa shape index (κ2) is 6.98. The number of likely N-dealkylation sites (tertiary alicyclic amines) is 1. The van der Waals surface area contributed by atoms with Crippen molar-refractivity contribution in [2.75, 3.05) is 26.7 Å². The Kier molecular flexibility index (Phi) is 5.30. The van der Waals surface area contributed by atoms with E-state index in [-0.39, 0.29) is 6.42 Å². The Bertz CT molecular complexity index is 428. The van der Waals surface area contributed by atoms with E-state index in [1.165, 1.54) is 37.3 Å². The van der Waals surface area contributed by atoms with Gasteiger partial charge in [0.15, 0.2) is 0 Å². The van der Waals surface area contributed by atoms with Crippen LogP contribution in [0.4, 0.5) is 0 Å². The van der Waals surface area contributed by atoms with Gasteiger partial charge in [-0.05, 0) is 25.9 Å². The lowest BCUT2D eigenvalue weighted by molar-refractivity contribution is -0.136. The molecule has 1 aliphatic rings. The molecule has 1 saturated heterocycles. The summed E-state index contributed by atoms with van der Waals surface area (Å²) in [6.45, 7) is 3.77. The molecule has 6 heteroatoms. The molecule has 2 rings (SSSR count). The number of aliphatic carboxylic acids is 1. The van der Waals surface area contributed by atoms with Crippen molar-refractivity contribution in [3.05, 3.63) is 15.6 Å². The van der Waals surface area contributed by atoms with E-state index in [1.807, 2.05) is 0 Å². The molecule has 1 N–H and O–H groups in total. The third-order valence-corrected chi connectivity index (χ3v) is 4.41. The number of thiazole rings is 1. The van der Waals surface area contributed by atoms with Gasteiger partial charge in [0.05, 0.1) is 23.7 Å². The second-order valence-corrected chi connectivity index (χ2v) is 5.95. The van der Waals surface area contributed by atoms with Crippen molar-refractivity contribution in [2.45, 2.75) is 32.3 Å². The zero-order valence-corrected chi connectivity index (χ0v) is 12.0. The number of hydrogen-bond donors (Lipinski definition) is 1. The minimum atomic E-state index is -0.813. The Hall–Kier alpha value is -0.980. The highest BCUT2D eigenvalue weighted by Crippen LogP contribution is 2.21. The molecule has 106 valence electrons. The van der Waals surface area contributed by atoms with E-state index < -0.39 is 5.97 Å². The van der Waals surface area contributed by atoms with Crippen LogP contribution in [0, 0.1) is 0 Å². The lowest BCUT2D eigenvalue weighted by Crippen LogP contribution is -2.21. The van der Waals surface area contributed by atoms with E-state index >= 15 is 0 Å². The molecule has 2 heterocycles. The first-order chi connectivity index (χ1) is 9.19. The van der Waals surface area contributed by atoms with E-state index in [0.717, 1.165) is 28.5 Å². The lowest BCUT2D eigenvalue weighted by atomic mass is 10.3. The van der Waals surface area contributed by atoms with Gasteiger partial charge in [-0.2, -0.15) is 0 Å². The van der Waals surface area contributed by atoms with Gasteiger partial charge < -0.3 is 14.7 Å². The number of rotatable bonds is 7. The first-order valence-electron chi connectivity index (χ1n) is 6.59. The van der Waals surface area contributed by atoms with Crippen LogP contribution in [0.1, 0.15) is 28.4 Å². The van der Waals surface area contributed by atoms with Crippen molar-refractivity contribution in [3.63, 3.8) is 0 Å². The van der Waals surface area contributed by atoms with Gasteiger partial charge in [-0.25, -0.2) is 4.98 Å². The molecule has 1 aromatic rings. The van der Waals surface area contributed by atoms with E-state index in [1.54, 1.807) is 7.11 Å². The van der Waals surface area contributed by atoms with Crippen molar-refractivity contribution < 1.29 is 14.6 Å². The quantitative estimate of drug-likeness (QED) is 0.823. The maximum absolute atomic E-state index is 10.8. The predicted molar refractivity (Wildman–Crippen MR) is 73.5 cm³/mol.